The first kappa shape index (κ1) is 21.7. The number of amides is 2. The molecule has 1 atom stereocenters. The molecular formula is C26H25N5O3. The number of nitrogens with one attached hydrogen (secondary N) is 3. The summed E-state index contributed by atoms with van der Waals surface area (Å²) in [5.41, 5.74) is 6.99. The van der Waals surface area contributed by atoms with E-state index in [0.717, 1.165) is 41.5 Å². The number of hydrogen-bond donors (Lipinski definition) is 4. The summed E-state index contributed by atoms with van der Waals surface area (Å²) < 4.78 is 0. The maximum absolute atomic E-state index is 13.4. The van der Waals surface area contributed by atoms with Gasteiger partial charge in [-0.1, -0.05) is 36.4 Å². The van der Waals surface area contributed by atoms with Crippen molar-refractivity contribution in [1.82, 2.24) is 25.3 Å². The Bertz CT molecular complexity index is 1360. The number of rotatable bonds is 7. The molecule has 172 valence electrons. The van der Waals surface area contributed by atoms with E-state index in [9.17, 15) is 9.59 Å². The highest BCUT2D eigenvalue weighted by atomic mass is 16.5. The monoisotopic (exact) mass is 455 g/mol. The average Bonchev–Trinajstić information content (AvgIpc) is 3.63. The summed E-state index contributed by atoms with van der Waals surface area (Å²) in [6.07, 6.45) is 10.6. The second-order valence-electron chi connectivity index (χ2n) is 8.37. The van der Waals surface area contributed by atoms with Crippen molar-refractivity contribution >= 4 is 28.8 Å². The molecule has 4 aromatic rings. The van der Waals surface area contributed by atoms with E-state index in [0.29, 0.717) is 12.4 Å². The summed E-state index contributed by atoms with van der Waals surface area (Å²) in [7, 11) is 0. The van der Waals surface area contributed by atoms with Crippen LogP contribution in [0.4, 0.5) is 0 Å². The fourth-order valence-corrected chi connectivity index (χ4v) is 4.75. The number of fused-ring (bicyclic) bond motifs is 2. The third-order valence-corrected chi connectivity index (χ3v) is 6.39. The molecule has 2 aromatic carbocycles. The lowest BCUT2D eigenvalue weighted by atomic mass is 10.0. The molecule has 8 heteroatoms. The van der Waals surface area contributed by atoms with Crippen LogP contribution in [0.2, 0.25) is 0 Å². The molecule has 0 saturated carbocycles. The highest BCUT2D eigenvalue weighted by Crippen LogP contribution is 2.37. The third-order valence-electron chi connectivity index (χ3n) is 6.39. The normalized spacial score (nSPS) is 15.0. The Morgan fingerprint density at radius 3 is 2.91 bits per heavy atom. The number of para-hydroxylation sites is 1. The number of nitrogens with zero attached hydrogens (tertiary/aromatic N) is 2. The van der Waals surface area contributed by atoms with Crippen LogP contribution in [0.3, 0.4) is 0 Å². The van der Waals surface area contributed by atoms with E-state index in [1.54, 1.807) is 23.9 Å². The summed E-state index contributed by atoms with van der Waals surface area (Å²) in [4.78, 5) is 37.1. The standard InChI is InChI=1S/C26H25N5O3/c32-24(30-34)10-6-17-5-8-21-18(15-17)7-9-23(21)31(26(33)25-27-12-13-28-25)14-11-19-16-29-22-4-2-1-3-20(19)22/h1-6,8,10,12-13,15-16,23,29,34H,7,9,11,14H2,(H,27,28)(H,30,32). The van der Waals surface area contributed by atoms with Crippen LogP contribution in [0.15, 0.2) is 67.1 Å². The number of benzene rings is 2. The van der Waals surface area contributed by atoms with Gasteiger partial charge in [0.15, 0.2) is 5.82 Å². The van der Waals surface area contributed by atoms with Crippen LogP contribution in [0.1, 0.15) is 45.3 Å². The number of carbonyl (C=O) groups is 2. The number of H-pyrrole nitrogens is 2. The molecule has 0 spiro atoms. The Morgan fingerprint density at radius 1 is 1.21 bits per heavy atom. The molecule has 34 heavy (non-hydrogen) atoms. The van der Waals surface area contributed by atoms with E-state index in [2.05, 4.69) is 21.0 Å². The SMILES string of the molecule is O=C(C=Cc1ccc2c(c1)CCC2N(CCc1c[nH]c2ccccc12)C(=O)c1ncc[nH]1)NO. The van der Waals surface area contributed by atoms with Gasteiger partial charge in [0, 0.05) is 42.1 Å². The van der Waals surface area contributed by atoms with Gasteiger partial charge in [-0.15, -0.1) is 0 Å². The molecule has 2 heterocycles. The zero-order valence-electron chi connectivity index (χ0n) is 18.5. The molecule has 1 unspecified atom stereocenters. The molecule has 4 N–H and O–H groups in total. The van der Waals surface area contributed by atoms with Crippen LogP contribution >= 0.6 is 0 Å². The summed E-state index contributed by atoms with van der Waals surface area (Å²) in [5, 5.41) is 9.84. The van der Waals surface area contributed by atoms with Gasteiger partial charge < -0.3 is 14.9 Å². The van der Waals surface area contributed by atoms with Crippen LogP contribution in [-0.2, 0) is 17.6 Å². The van der Waals surface area contributed by atoms with E-state index in [4.69, 9.17) is 5.21 Å². The quantitative estimate of drug-likeness (QED) is 0.193. The van der Waals surface area contributed by atoms with Crippen molar-refractivity contribution in [2.24, 2.45) is 0 Å². The lowest BCUT2D eigenvalue weighted by molar-refractivity contribution is -0.124. The van der Waals surface area contributed by atoms with Crippen LogP contribution < -0.4 is 5.48 Å². The number of hydrogen-bond acceptors (Lipinski definition) is 4. The van der Waals surface area contributed by atoms with Crippen LogP contribution in [0.5, 0.6) is 0 Å². The van der Waals surface area contributed by atoms with E-state index >= 15 is 0 Å². The maximum Gasteiger partial charge on any atom is 0.290 e. The van der Waals surface area contributed by atoms with Crippen molar-refractivity contribution in [1.29, 1.82) is 0 Å². The molecule has 8 nitrogen and oxygen atoms in total. The second kappa shape index (κ2) is 9.36. The van der Waals surface area contributed by atoms with Gasteiger partial charge in [0.25, 0.3) is 11.8 Å². The zero-order chi connectivity index (χ0) is 23.5. The predicted molar refractivity (Wildman–Crippen MR) is 128 cm³/mol. The molecule has 2 amide bonds. The Hall–Kier alpha value is -4.17. The summed E-state index contributed by atoms with van der Waals surface area (Å²) in [5.74, 6) is -0.362. The number of aromatic amines is 2. The minimum atomic E-state index is -0.578. The van der Waals surface area contributed by atoms with Crippen LogP contribution in [-0.4, -0.2) is 43.4 Å². The Morgan fingerprint density at radius 2 is 2.09 bits per heavy atom. The highest BCUT2D eigenvalue weighted by molar-refractivity contribution is 5.91. The number of aryl methyl sites for hydroxylation is 1. The van der Waals surface area contributed by atoms with Gasteiger partial charge in [-0.05, 0) is 53.7 Å². The molecular weight excluding hydrogens is 430 g/mol. The lowest BCUT2D eigenvalue weighted by Gasteiger charge is -2.29. The third kappa shape index (κ3) is 4.23. The zero-order valence-corrected chi connectivity index (χ0v) is 18.5. The number of carbonyl (C=O) groups excluding carboxylic acids is 2. The molecule has 0 radical (unpaired) electrons. The summed E-state index contributed by atoms with van der Waals surface area (Å²) in [6.45, 7) is 0.559. The van der Waals surface area contributed by atoms with E-state index < -0.39 is 5.91 Å². The molecule has 0 bridgehead atoms. The first-order valence-corrected chi connectivity index (χ1v) is 11.2. The van der Waals surface area contributed by atoms with Crippen molar-refractivity contribution in [3.8, 4) is 0 Å². The van der Waals surface area contributed by atoms with Crippen LogP contribution in [0.25, 0.3) is 17.0 Å². The molecule has 1 aliphatic rings. The predicted octanol–water partition coefficient (Wildman–Crippen LogP) is 3.78. The summed E-state index contributed by atoms with van der Waals surface area (Å²) in [6, 6.07) is 14.1. The molecule has 0 aliphatic heterocycles. The second-order valence-corrected chi connectivity index (χ2v) is 8.37. The van der Waals surface area contributed by atoms with Crippen LogP contribution in [0, 0.1) is 0 Å². The maximum atomic E-state index is 13.4. The van der Waals surface area contributed by atoms with E-state index in [-0.39, 0.29) is 11.9 Å². The van der Waals surface area contributed by atoms with Crippen molar-refractivity contribution in [2.75, 3.05) is 6.54 Å². The fourth-order valence-electron chi connectivity index (χ4n) is 4.75. The fraction of sp³-hybridized carbons (Fsp3) is 0.192. The van der Waals surface area contributed by atoms with Crippen molar-refractivity contribution in [3.63, 3.8) is 0 Å². The lowest BCUT2D eigenvalue weighted by Crippen LogP contribution is -2.36. The number of imidazole rings is 1. The topological polar surface area (TPSA) is 114 Å². The number of hydroxylamine groups is 1. The van der Waals surface area contributed by atoms with Gasteiger partial charge in [0.2, 0.25) is 0 Å². The largest absolute Gasteiger partial charge is 0.361 e. The van der Waals surface area contributed by atoms with Gasteiger partial charge in [-0.3, -0.25) is 14.8 Å². The minimum Gasteiger partial charge on any atom is -0.361 e. The molecule has 5 rings (SSSR count). The molecule has 0 fully saturated rings. The number of aromatic nitrogens is 3. The Labute approximate surface area is 196 Å². The van der Waals surface area contributed by atoms with E-state index in [1.165, 1.54) is 17.0 Å². The van der Waals surface area contributed by atoms with Crippen molar-refractivity contribution in [3.05, 3.63) is 95.2 Å². The van der Waals surface area contributed by atoms with Gasteiger partial charge in [-0.25, -0.2) is 10.5 Å². The van der Waals surface area contributed by atoms with Gasteiger partial charge in [0.05, 0.1) is 6.04 Å². The molecule has 1 aliphatic carbocycles. The Balaban J connectivity index is 1.42. The summed E-state index contributed by atoms with van der Waals surface area (Å²) >= 11 is 0. The Kier molecular flexibility index (Phi) is 5.97. The molecule has 2 aromatic heterocycles. The molecule has 0 saturated heterocycles. The van der Waals surface area contributed by atoms with Gasteiger partial charge in [-0.2, -0.15) is 0 Å². The average molecular weight is 456 g/mol. The van der Waals surface area contributed by atoms with Gasteiger partial charge >= 0.3 is 0 Å². The van der Waals surface area contributed by atoms with E-state index in [1.807, 2.05) is 47.5 Å². The van der Waals surface area contributed by atoms with Gasteiger partial charge in [0.1, 0.15) is 0 Å². The van der Waals surface area contributed by atoms with Crippen molar-refractivity contribution in [2.45, 2.75) is 25.3 Å². The smallest absolute Gasteiger partial charge is 0.290 e. The highest BCUT2D eigenvalue weighted by Gasteiger charge is 2.32. The minimum absolute atomic E-state index is 0.0587. The first-order chi connectivity index (χ1) is 16.6. The van der Waals surface area contributed by atoms with Crippen molar-refractivity contribution < 1.29 is 14.8 Å². The first-order valence-electron chi connectivity index (χ1n) is 11.2.